The molecule has 2 rings (SSSR count). The SMILES string of the molecule is O=S(=O)(NCC1CCCCC1)c1c(Cl)sc(Cl)c1Br. The lowest BCUT2D eigenvalue weighted by atomic mass is 9.90. The van der Waals surface area contributed by atoms with Crippen LogP contribution in [0.5, 0.6) is 0 Å². The van der Waals surface area contributed by atoms with Crippen molar-refractivity contribution >= 4 is 60.5 Å². The maximum atomic E-state index is 12.3. The van der Waals surface area contributed by atoms with Gasteiger partial charge in [-0.2, -0.15) is 0 Å². The largest absolute Gasteiger partial charge is 0.244 e. The second-order valence-corrected chi connectivity index (χ2v) is 9.37. The van der Waals surface area contributed by atoms with Crippen LogP contribution in [0, 0.1) is 5.92 Å². The molecule has 1 aromatic heterocycles. The number of hydrogen-bond donors (Lipinski definition) is 1. The summed E-state index contributed by atoms with van der Waals surface area (Å²) < 4.78 is 28.0. The molecule has 3 nitrogen and oxygen atoms in total. The molecule has 1 aliphatic rings. The number of halogens is 3. The van der Waals surface area contributed by atoms with Gasteiger partial charge in [0.1, 0.15) is 13.6 Å². The molecule has 0 radical (unpaired) electrons. The molecule has 1 N–H and O–H groups in total. The van der Waals surface area contributed by atoms with Crippen LogP contribution in [0.3, 0.4) is 0 Å². The van der Waals surface area contributed by atoms with Crippen molar-refractivity contribution in [1.82, 2.24) is 4.72 Å². The molecule has 0 aliphatic heterocycles. The van der Waals surface area contributed by atoms with E-state index in [0.29, 0.717) is 21.3 Å². The molecule has 0 bridgehead atoms. The highest BCUT2D eigenvalue weighted by Crippen LogP contribution is 2.42. The predicted octanol–water partition coefficient (Wildman–Crippen LogP) is 4.68. The fourth-order valence-corrected chi connectivity index (χ4v) is 6.93. The highest BCUT2D eigenvalue weighted by molar-refractivity contribution is 9.10. The van der Waals surface area contributed by atoms with E-state index in [2.05, 4.69) is 20.7 Å². The molecule has 0 aromatic carbocycles. The summed E-state index contributed by atoms with van der Waals surface area (Å²) >= 11 is 16.1. The summed E-state index contributed by atoms with van der Waals surface area (Å²) in [6, 6.07) is 0. The summed E-state index contributed by atoms with van der Waals surface area (Å²) in [5, 5.41) is 0. The first kappa shape index (κ1) is 16.0. The molecule has 0 saturated heterocycles. The first-order chi connectivity index (χ1) is 8.92. The van der Waals surface area contributed by atoms with Crippen LogP contribution < -0.4 is 4.72 Å². The fourth-order valence-electron chi connectivity index (χ4n) is 2.26. The van der Waals surface area contributed by atoms with Gasteiger partial charge in [-0.05, 0) is 34.7 Å². The van der Waals surface area contributed by atoms with E-state index in [1.807, 2.05) is 0 Å². The van der Waals surface area contributed by atoms with Crippen LogP contribution in [0.4, 0.5) is 0 Å². The number of sulfonamides is 1. The summed E-state index contributed by atoms with van der Waals surface area (Å²) in [6.45, 7) is 0.471. The molecule has 0 spiro atoms. The molecule has 0 atom stereocenters. The Kier molecular flexibility index (Phi) is 5.59. The van der Waals surface area contributed by atoms with Gasteiger partial charge < -0.3 is 0 Å². The van der Waals surface area contributed by atoms with Crippen molar-refractivity contribution < 1.29 is 8.42 Å². The van der Waals surface area contributed by atoms with Crippen LogP contribution in [0.15, 0.2) is 9.37 Å². The predicted molar refractivity (Wildman–Crippen MR) is 83.8 cm³/mol. The Hall–Kier alpha value is 0.670. The van der Waals surface area contributed by atoms with Crippen LogP contribution >= 0.6 is 50.5 Å². The van der Waals surface area contributed by atoms with E-state index in [1.165, 1.54) is 19.3 Å². The maximum Gasteiger partial charge on any atom is 0.244 e. The Balaban J connectivity index is 2.09. The molecular weight excluding hydrogens is 393 g/mol. The number of nitrogens with one attached hydrogen (secondary N) is 1. The maximum absolute atomic E-state index is 12.3. The quantitative estimate of drug-likeness (QED) is 0.788. The van der Waals surface area contributed by atoms with Crippen LogP contribution in [0.1, 0.15) is 32.1 Å². The highest BCUT2D eigenvalue weighted by Gasteiger charge is 2.27. The standard InChI is InChI=1S/C11H14BrCl2NO2S2/c12-8-9(11(14)18-10(8)13)19(16,17)15-6-7-4-2-1-3-5-7/h7,15H,1-6H2. The highest BCUT2D eigenvalue weighted by atomic mass is 79.9. The third-order valence-electron chi connectivity index (χ3n) is 3.29. The normalized spacial score (nSPS) is 17.8. The van der Waals surface area contributed by atoms with Crippen LogP contribution in [-0.4, -0.2) is 15.0 Å². The van der Waals surface area contributed by atoms with Crippen molar-refractivity contribution in [3.05, 3.63) is 13.1 Å². The summed E-state index contributed by atoms with van der Waals surface area (Å²) in [4.78, 5) is 0.0555. The van der Waals surface area contributed by atoms with Crippen molar-refractivity contribution in [2.75, 3.05) is 6.54 Å². The van der Waals surface area contributed by atoms with E-state index < -0.39 is 10.0 Å². The molecule has 1 saturated carbocycles. The first-order valence-electron chi connectivity index (χ1n) is 6.05. The minimum absolute atomic E-state index is 0.0555. The Morgan fingerprint density at radius 2 is 1.84 bits per heavy atom. The number of hydrogen-bond acceptors (Lipinski definition) is 3. The van der Waals surface area contributed by atoms with E-state index in [1.54, 1.807) is 0 Å². The molecule has 1 fully saturated rings. The molecule has 1 aliphatic carbocycles. The average molecular weight is 407 g/mol. The molecule has 19 heavy (non-hydrogen) atoms. The molecular formula is C11H14BrCl2NO2S2. The Morgan fingerprint density at radius 1 is 1.21 bits per heavy atom. The zero-order valence-electron chi connectivity index (χ0n) is 10.1. The Labute approximate surface area is 135 Å². The second kappa shape index (κ2) is 6.62. The van der Waals surface area contributed by atoms with Gasteiger partial charge in [-0.25, -0.2) is 13.1 Å². The van der Waals surface area contributed by atoms with Gasteiger partial charge in [0, 0.05) is 6.54 Å². The lowest BCUT2D eigenvalue weighted by Gasteiger charge is -2.21. The van der Waals surface area contributed by atoms with Crippen molar-refractivity contribution in [1.29, 1.82) is 0 Å². The van der Waals surface area contributed by atoms with E-state index >= 15 is 0 Å². The lowest BCUT2D eigenvalue weighted by Crippen LogP contribution is -2.30. The summed E-state index contributed by atoms with van der Waals surface area (Å²) in [5.41, 5.74) is 0. The Bertz CT molecular complexity index is 553. The van der Waals surface area contributed by atoms with Crippen LogP contribution in [-0.2, 0) is 10.0 Å². The average Bonchev–Trinajstić information content (AvgIpc) is 2.63. The first-order valence-corrected chi connectivity index (χ1v) is 9.89. The monoisotopic (exact) mass is 405 g/mol. The van der Waals surface area contributed by atoms with Gasteiger partial charge in [0.15, 0.2) is 0 Å². The summed E-state index contributed by atoms with van der Waals surface area (Å²) in [5.74, 6) is 0.426. The van der Waals surface area contributed by atoms with Gasteiger partial charge in [0.05, 0.1) is 4.47 Å². The van der Waals surface area contributed by atoms with E-state index in [-0.39, 0.29) is 9.23 Å². The van der Waals surface area contributed by atoms with Crippen molar-refractivity contribution in [2.45, 2.75) is 37.0 Å². The minimum atomic E-state index is -3.60. The topological polar surface area (TPSA) is 46.2 Å². The van der Waals surface area contributed by atoms with Gasteiger partial charge in [-0.1, -0.05) is 42.5 Å². The van der Waals surface area contributed by atoms with Crippen LogP contribution in [0.2, 0.25) is 8.67 Å². The molecule has 8 heteroatoms. The molecule has 1 heterocycles. The van der Waals surface area contributed by atoms with E-state index in [0.717, 1.165) is 24.2 Å². The van der Waals surface area contributed by atoms with Crippen molar-refractivity contribution in [3.63, 3.8) is 0 Å². The van der Waals surface area contributed by atoms with Crippen LogP contribution in [0.25, 0.3) is 0 Å². The third-order valence-corrected chi connectivity index (χ3v) is 8.17. The molecule has 108 valence electrons. The fraction of sp³-hybridized carbons (Fsp3) is 0.636. The zero-order valence-corrected chi connectivity index (χ0v) is 14.8. The zero-order chi connectivity index (χ0) is 14.0. The van der Waals surface area contributed by atoms with Gasteiger partial charge in [0.25, 0.3) is 0 Å². The van der Waals surface area contributed by atoms with Crippen molar-refractivity contribution in [3.8, 4) is 0 Å². The van der Waals surface area contributed by atoms with Gasteiger partial charge in [-0.3, -0.25) is 0 Å². The number of rotatable bonds is 4. The van der Waals surface area contributed by atoms with Gasteiger partial charge >= 0.3 is 0 Å². The molecule has 1 aromatic rings. The summed E-state index contributed by atoms with van der Waals surface area (Å²) in [6.07, 6.45) is 5.78. The Morgan fingerprint density at radius 3 is 2.37 bits per heavy atom. The second-order valence-electron chi connectivity index (χ2n) is 4.65. The molecule has 0 unspecified atom stereocenters. The lowest BCUT2D eigenvalue weighted by molar-refractivity contribution is 0.357. The van der Waals surface area contributed by atoms with E-state index in [9.17, 15) is 8.42 Å². The smallest absolute Gasteiger partial charge is 0.211 e. The summed E-state index contributed by atoms with van der Waals surface area (Å²) in [7, 11) is -3.60. The van der Waals surface area contributed by atoms with Gasteiger partial charge in [0.2, 0.25) is 10.0 Å². The van der Waals surface area contributed by atoms with Crippen molar-refractivity contribution in [2.24, 2.45) is 5.92 Å². The van der Waals surface area contributed by atoms with Gasteiger partial charge in [-0.15, -0.1) is 11.3 Å². The third kappa shape index (κ3) is 3.86. The van der Waals surface area contributed by atoms with E-state index in [4.69, 9.17) is 23.2 Å². The number of thiophene rings is 1. The molecule has 0 amide bonds. The minimum Gasteiger partial charge on any atom is -0.211 e.